The van der Waals surface area contributed by atoms with Gasteiger partial charge in [0.15, 0.2) is 0 Å². The van der Waals surface area contributed by atoms with Gasteiger partial charge in [-0.2, -0.15) is 0 Å². The molecule has 24 nitrogen and oxygen atoms in total. The van der Waals surface area contributed by atoms with Crippen LogP contribution < -0.4 is 18.9 Å². The Kier molecular flexibility index (Phi) is 26.3. The number of ether oxygens (including phenoxy) is 4. The third kappa shape index (κ3) is 18.1. The van der Waals surface area contributed by atoms with Crippen molar-refractivity contribution in [3.8, 4) is 67.5 Å². The molecule has 17 rings (SSSR count). The molecule has 0 aliphatic carbocycles. The van der Waals surface area contributed by atoms with E-state index in [9.17, 15) is 0 Å². The van der Waals surface area contributed by atoms with Crippen molar-refractivity contribution in [1.29, 1.82) is 0 Å². The molecule has 0 unspecified atom stereocenters. The van der Waals surface area contributed by atoms with Crippen LogP contribution in [0.3, 0.4) is 0 Å². The second-order valence-corrected chi connectivity index (χ2v) is 49.4. The third-order valence-electron chi connectivity index (χ3n) is 24.1. The van der Waals surface area contributed by atoms with E-state index in [0.29, 0.717) is 44.5 Å². The zero-order valence-electron chi connectivity index (χ0n) is 77.9. The van der Waals surface area contributed by atoms with E-state index in [2.05, 4.69) is 9.97 Å². The van der Waals surface area contributed by atoms with Crippen molar-refractivity contribution in [3.63, 3.8) is 0 Å². The van der Waals surface area contributed by atoms with E-state index in [1.165, 1.54) is 170 Å². The van der Waals surface area contributed by atoms with Crippen molar-refractivity contribution in [2.45, 2.75) is 161 Å². The van der Waals surface area contributed by atoms with Crippen LogP contribution in [0, 0.1) is 55.4 Å². The molecule has 0 amide bonds. The fraction of sp³-hybridized carbons (Fsp3) is 0.148. The average molecular weight is 2020 g/mol. The minimum atomic E-state index is -4.95. The van der Waals surface area contributed by atoms with Gasteiger partial charge in [0.1, 0.15) is 42.6 Å². The van der Waals surface area contributed by atoms with Gasteiger partial charge in [0.25, 0.3) is 0 Å². The van der Waals surface area contributed by atoms with E-state index in [4.69, 9.17) is 28.9 Å². The molecule has 0 atom stereocenters. The van der Waals surface area contributed by atoms with Gasteiger partial charge in [0, 0.05) is 66.6 Å². The quantitative estimate of drug-likeness (QED) is 0.0460. The number of rotatable bonds is 28. The Morgan fingerprint density at radius 1 is 0.200 bits per heavy atom. The first-order valence-electron chi connectivity index (χ1n) is 44.5. The molecule has 0 saturated carbocycles. The van der Waals surface area contributed by atoms with Gasteiger partial charge in [-0.1, -0.05) is 142 Å². The van der Waals surface area contributed by atoms with Gasteiger partial charge in [-0.3, -0.25) is 0 Å². The monoisotopic (exact) mass is 2020 g/mol. The first kappa shape index (κ1) is 97.7. The van der Waals surface area contributed by atoms with Gasteiger partial charge < -0.3 is 28.9 Å². The number of fused-ring (bicyclic) bond motifs is 8. The molecule has 5 heterocycles. The smallest absolute Gasteiger partial charge is 0.210 e. The van der Waals surface area contributed by atoms with E-state index in [0.717, 1.165) is 24.3 Å². The fourth-order valence-electron chi connectivity index (χ4n) is 16.8. The van der Waals surface area contributed by atoms with Crippen LogP contribution in [0.25, 0.3) is 90.9 Å². The summed E-state index contributed by atoms with van der Waals surface area (Å²) in [5, 5.41) is 0. The summed E-state index contributed by atoms with van der Waals surface area (Å²) in [5.41, 5.74) is 2.62. The lowest BCUT2D eigenvalue weighted by Crippen LogP contribution is -2.11. The minimum Gasteiger partial charge on any atom is -0.492 e. The van der Waals surface area contributed by atoms with E-state index in [1.807, 2.05) is 0 Å². The third-order valence-corrected chi connectivity index (χ3v) is 38.2. The van der Waals surface area contributed by atoms with Gasteiger partial charge in [-0.05, 0) is 277 Å². The van der Waals surface area contributed by atoms with E-state index in [1.54, 1.807) is 180 Å². The number of nitrogens with zero attached hydrogens (tertiary/aromatic N) is 2. The first-order chi connectivity index (χ1) is 66.5. The lowest BCUT2D eigenvalue weighted by Gasteiger charge is -2.20. The highest BCUT2D eigenvalue weighted by Crippen LogP contribution is 2.53. The van der Waals surface area contributed by atoms with Crippen LogP contribution in [0.5, 0.6) is 23.0 Å². The lowest BCUT2D eigenvalue weighted by molar-refractivity contribution is 0.332. The van der Waals surface area contributed by atoms with Crippen LogP contribution in [0.2, 0.25) is 0 Å². The summed E-state index contributed by atoms with van der Waals surface area (Å²) in [6.45, 7) is 19.2. The first-order valence-corrected chi connectivity index (χ1v) is 56.3. The molecule has 0 fully saturated rings. The number of hydrogen-bond donors (Lipinski definition) is 2. The molecule has 2 aliphatic rings. The summed E-state index contributed by atoms with van der Waals surface area (Å²) in [7, 11) is -39.2. The molecule has 3 aromatic heterocycles. The summed E-state index contributed by atoms with van der Waals surface area (Å²) in [6, 6.07) is 61.8. The summed E-state index contributed by atoms with van der Waals surface area (Å²) >= 11 is 0. The molecular formula is C108H94N4O20S8. The zero-order chi connectivity index (χ0) is 99.8. The van der Waals surface area contributed by atoms with E-state index in [-0.39, 0.29) is 155 Å². The Balaban J connectivity index is 1.15. The lowest BCUT2D eigenvalue weighted by atomic mass is 10.0. The molecular weight excluding hydrogens is 1930 g/mol. The SMILES string of the molecule is CCOc1c(-c2c3nc(c(-c4cc(S(=O)(=O)c5ccc(C)cc5)cc(S(=O)(=O)c5ccc(C)cc5)c4OCC)c4ccc([nH]4)c(-c4cc(S(=O)(=O)c5ccc(C)cc5)cc(S(=O)(=O)c5ccc(C)cc5)c4OCC)c4nc(c(-c5cc(S(=O)(=O)c6ccc(C)cc6)cc(S(=O)(=O)c6ccc(C)cc6)c5OCC)c5ccc2[nH]5)C=C4)C=C3)cc(S(=O)(=O)c2ccc(C)cc2)cc1S(=O)(=O)c1ccc(C)cc1. The van der Waals surface area contributed by atoms with Crippen LogP contribution in [0.15, 0.2) is 345 Å². The number of aromatic nitrogens is 4. The largest absolute Gasteiger partial charge is 0.492 e. The molecule has 0 saturated heterocycles. The van der Waals surface area contributed by atoms with Crippen molar-refractivity contribution >= 4 is 125 Å². The molecule has 15 aromatic rings. The number of nitrogens with one attached hydrogen (secondary N) is 2. The predicted molar refractivity (Wildman–Crippen MR) is 538 cm³/mol. The Hall–Kier alpha value is -14.0. The van der Waals surface area contributed by atoms with Crippen LogP contribution in [-0.4, -0.2) is 114 Å². The minimum absolute atomic E-state index is 0.0849. The highest BCUT2D eigenvalue weighted by Gasteiger charge is 2.39. The molecule has 714 valence electrons. The molecule has 0 spiro atoms. The van der Waals surface area contributed by atoms with Crippen LogP contribution in [0.4, 0.5) is 0 Å². The normalized spacial score (nSPS) is 12.7. The van der Waals surface area contributed by atoms with Crippen LogP contribution in [0.1, 0.15) is 95.0 Å². The van der Waals surface area contributed by atoms with Crippen LogP contribution in [-0.2, 0) is 78.7 Å². The highest BCUT2D eigenvalue weighted by atomic mass is 32.2. The Bertz CT molecular complexity index is 7830. The maximum absolute atomic E-state index is 16.2. The number of aromatic amines is 2. The number of aryl methyl sites for hydroxylation is 8. The molecule has 12 aromatic carbocycles. The Morgan fingerprint density at radius 2 is 0.350 bits per heavy atom. The number of hydrogen-bond acceptors (Lipinski definition) is 22. The molecule has 2 aliphatic heterocycles. The van der Waals surface area contributed by atoms with Crippen molar-refractivity contribution in [1.82, 2.24) is 19.9 Å². The van der Waals surface area contributed by atoms with E-state index >= 15 is 67.3 Å². The van der Waals surface area contributed by atoms with Crippen molar-refractivity contribution in [2.24, 2.45) is 0 Å². The number of benzene rings is 12. The second kappa shape index (κ2) is 37.7. The van der Waals surface area contributed by atoms with Crippen molar-refractivity contribution in [2.75, 3.05) is 26.4 Å². The molecule has 0 radical (unpaired) electrons. The Labute approximate surface area is 814 Å². The van der Waals surface area contributed by atoms with Gasteiger partial charge in [0.05, 0.1) is 108 Å². The maximum atomic E-state index is 16.2. The van der Waals surface area contributed by atoms with E-state index < -0.39 is 141 Å². The van der Waals surface area contributed by atoms with Gasteiger partial charge >= 0.3 is 0 Å². The van der Waals surface area contributed by atoms with Crippen LogP contribution >= 0.6 is 0 Å². The molecule has 2 N–H and O–H groups in total. The molecule has 140 heavy (non-hydrogen) atoms. The zero-order valence-corrected chi connectivity index (χ0v) is 84.4. The van der Waals surface area contributed by atoms with Crippen molar-refractivity contribution in [3.05, 3.63) is 334 Å². The Morgan fingerprint density at radius 3 is 0.500 bits per heavy atom. The number of sulfone groups is 8. The highest BCUT2D eigenvalue weighted by molar-refractivity contribution is 7.94. The second-order valence-electron chi connectivity index (χ2n) is 34.0. The molecule has 8 bridgehead atoms. The average Bonchev–Trinajstić information content (AvgIpc) is 1.45. The summed E-state index contributed by atoms with van der Waals surface area (Å²) in [6.07, 6.45) is 5.89. The van der Waals surface area contributed by atoms with Gasteiger partial charge in [0.2, 0.25) is 78.7 Å². The summed E-state index contributed by atoms with van der Waals surface area (Å²) in [5.74, 6) is -1.71. The predicted octanol–water partition coefficient (Wildman–Crippen LogP) is 22.0. The van der Waals surface area contributed by atoms with Gasteiger partial charge in [-0.25, -0.2) is 77.3 Å². The summed E-state index contributed by atoms with van der Waals surface area (Å²) < 4.78 is 284. The fourth-order valence-corrected chi connectivity index (χ4v) is 28.1. The molecule has 32 heteroatoms. The standard InChI is InChI=1S/C108H94N4O20S8/c1-13-129-105-85(57-81(133(113,114)73-33-17-65(5)18-34-73)61-97(105)137(121,122)77-41-25-69(9)26-42-77)101-89-49-51-91(109-89)102(86-58-82(134(115,116)74-35-19-66(6)20-36-74)62-98(106(86)130-14-2)138(123,124)78-43-27-70(10)28-44-78)93-53-55-95(111-93)104(88-60-84(136(119,120)76-39-23-68(8)24-40-76)64-100(108(88)132-16-4)140(127,128)80-47-31-72(12)32-48-80)96-56-54-94(112-96)103(92-52-50-90(101)110-92)87-59-83(135(117,118)75-37-21-67(7)22-38-75)63-99(107(87)131-15-3)139(125,126)79-45-29-71(11)30-46-79/h17-64,109,112H,13-16H2,1-12H3. The van der Waals surface area contributed by atoms with Crippen molar-refractivity contribution < 1.29 is 86.3 Å². The maximum Gasteiger partial charge on any atom is 0.210 e. The topological polar surface area (TPSA) is 367 Å². The number of H-pyrrole nitrogens is 2. The summed E-state index contributed by atoms with van der Waals surface area (Å²) in [4.78, 5) is 11.0. The van der Waals surface area contributed by atoms with Gasteiger partial charge in [-0.15, -0.1) is 0 Å².